The molecule has 2 nitrogen and oxygen atoms in total. The van der Waals surface area contributed by atoms with E-state index in [0.29, 0.717) is 5.92 Å². The summed E-state index contributed by atoms with van der Waals surface area (Å²) < 4.78 is 0. The molecule has 0 bridgehead atoms. The van der Waals surface area contributed by atoms with Gasteiger partial charge in [-0.1, -0.05) is 19.4 Å². The average Bonchev–Trinajstić information content (AvgIpc) is 2.23. The molecule has 1 aliphatic heterocycles. The van der Waals surface area contributed by atoms with Gasteiger partial charge >= 0.3 is 0 Å². The molecule has 0 amide bonds. The van der Waals surface area contributed by atoms with Gasteiger partial charge < -0.3 is 10.0 Å². The average molecular weight is 211 g/mol. The van der Waals surface area contributed by atoms with Gasteiger partial charge in [0.1, 0.15) is 0 Å². The second-order valence-corrected chi connectivity index (χ2v) is 4.77. The maximum Gasteiger partial charge on any atom is 0.0590 e. The van der Waals surface area contributed by atoms with Gasteiger partial charge in [0, 0.05) is 13.1 Å². The van der Waals surface area contributed by atoms with Crippen LogP contribution in [-0.4, -0.2) is 35.7 Å². The van der Waals surface area contributed by atoms with Gasteiger partial charge in [-0.25, -0.2) is 0 Å². The molecule has 1 heterocycles. The van der Waals surface area contributed by atoms with Crippen LogP contribution in [0.3, 0.4) is 0 Å². The van der Waals surface area contributed by atoms with Crippen LogP contribution in [-0.2, 0) is 0 Å². The van der Waals surface area contributed by atoms with Crippen LogP contribution in [0.2, 0.25) is 0 Å². The number of nitrogens with zero attached hydrogens (tertiary/aromatic N) is 1. The maximum atomic E-state index is 9.60. The first-order valence-corrected chi connectivity index (χ1v) is 6.25. The van der Waals surface area contributed by atoms with Gasteiger partial charge in [0.15, 0.2) is 0 Å². The fourth-order valence-electron chi connectivity index (χ4n) is 2.22. The molecule has 0 aliphatic carbocycles. The number of hydrogen-bond donors (Lipinski definition) is 1. The molecule has 0 unspecified atom stereocenters. The van der Waals surface area contributed by atoms with Crippen LogP contribution in [0.4, 0.5) is 0 Å². The molecule has 0 saturated carbocycles. The summed E-state index contributed by atoms with van der Waals surface area (Å²) in [6, 6.07) is 0. The van der Waals surface area contributed by atoms with Crippen LogP contribution in [0.1, 0.15) is 39.0 Å². The fourth-order valence-corrected chi connectivity index (χ4v) is 2.22. The highest BCUT2D eigenvalue weighted by Gasteiger charge is 2.23. The molecule has 0 aromatic heterocycles. The van der Waals surface area contributed by atoms with Crippen molar-refractivity contribution in [2.75, 3.05) is 19.6 Å². The molecule has 1 rings (SSSR count). The van der Waals surface area contributed by atoms with E-state index in [4.69, 9.17) is 0 Å². The smallest absolute Gasteiger partial charge is 0.0590 e. The molecule has 15 heavy (non-hydrogen) atoms. The van der Waals surface area contributed by atoms with Gasteiger partial charge in [0.05, 0.1) is 6.10 Å². The van der Waals surface area contributed by atoms with E-state index < -0.39 is 0 Å². The van der Waals surface area contributed by atoms with Gasteiger partial charge in [-0.3, -0.25) is 0 Å². The van der Waals surface area contributed by atoms with E-state index in [2.05, 4.69) is 18.4 Å². The number of allylic oxidation sites excluding steroid dienone is 1. The van der Waals surface area contributed by atoms with Gasteiger partial charge in [-0.05, 0) is 38.1 Å². The third-order valence-electron chi connectivity index (χ3n) is 3.33. The van der Waals surface area contributed by atoms with Gasteiger partial charge in [0.25, 0.3) is 0 Å². The number of piperidine rings is 1. The summed E-state index contributed by atoms with van der Waals surface area (Å²) in [4.78, 5) is 2.49. The molecule has 0 aromatic rings. The van der Waals surface area contributed by atoms with Gasteiger partial charge in [-0.15, -0.1) is 6.58 Å². The molecule has 0 aromatic carbocycles. The fraction of sp³-hybridized carbons (Fsp3) is 0.846. The summed E-state index contributed by atoms with van der Waals surface area (Å²) in [5, 5.41) is 9.60. The Hall–Kier alpha value is -0.340. The molecular formula is C13H25NO. The summed E-state index contributed by atoms with van der Waals surface area (Å²) in [6.07, 6.45) is 7.90. The van der Waals surface area contributed by atoms with Crippen LogP contribution in [0.25, 0.3) is 0 Å². The molecule has 1 aliphatic rings. The number of unbranched alkanes of at least 4 members (excludes halogenated alkanes) is 3. The van der Waals surface area contributed by atoms with Crippen molar-refractivity contribution in [3.05, 3.63) is 12.7 Å². The van der Waals surface area contributed by atoms with Crippen LogP contribution in [0, 0.1) is 5.92 Å². The van der Waals surface area contributed by atoms with Gasteiger partial charge in [-0.2, -0.15) is 0 Å². The third kappa shape index (κ3) is 4.80. The van der Waals surface area contributed by atoms with E-state index in [1.54, 1.807) is 0 Å². The minimum Gasteiger partial charge on any atom is -0.393 e. The molecule has 1 saturated heterocycles. The Morgan fingerprint density at radius 3 is 2.87 bits per heavy atom. The Labute approximate surface area is 94.0 Å². The highest BCUT2D eigenvalue weighted by atomic mass is 16.3. The van der Waals surface area contributed by atoms with Crippen LogP contribution in [0.5, 0.6) is 0 Å². The predicted octanol–water partition coefficient (Wildman–Crippen LogP) is 2.44. The Bertz CT molecular complexity index is 181. The first-order valence-electron chi connectivity index (χ1n) is 6.25. The van der Waals surface area contributed by atoms with E-state index >= 15 is 0 Å². The minimum absolute atomic E-state index is 0.0676. The number of likely N-dealkylation sites (tertiary alicyclic amines) is 1. The van der Waals surface area contributed by atoms with Crippen molar-refractivity contribution in [2.45, 2.75) is 45.1 Å². The molecule has 88 valence electrons. The summed E-state index contributed by atoms with van der Waals surface area (Å²) in [6.45, 7) is 9.23. The lowest BCUT2D eigenvalue weighted by Crippen LogP contribution is -2.42. The summed E-state index contributed by atoms with van der Waals surface area (Å²) in [5.41, 5.74) is 0. The molecule has 1 N–H and O–H groups in total. The Balaban J connectivity index is 2.04. The number of rotatable bonds is 6. The predicted molar refractivity (Wildman–Crippen MR) is 64.9 cm³/mol. The molecule has 0 radical (unpaired) electrons. The normalized spacial score (nSPS) is 27.9. The zero-order valence-electron chi connectivity index (χ0n) is 9.99. The summed E-state index contributed by atoms with van der Waals surface area (Å²) in [7, 11) is 0. The van der Waals surface area contributed by atoms with Gasteiger partial charge in [0.2, 0.25) is 0 Å². The van der Waals surface area contributed by atoms with E-state index in [1.807, 2.05) is 6.08 Å². The number of hydrogen-bond acceptors (Lipinski definition) is 2. The molecule has 1 fully saturated rings. The van der Waals surface area contributed by atoms with Crippen LogP contribution < -0.4 is 0 Å². The van der Waals surface area contributed by atoms with E-state index in [0.717, 1.165) is 25.9 Å². The highest BCUT2D eigenvalue weighted by molar-refractivity contribution is 4.77. The second-order valence-electron chi connectivity index (χ2n) is 4.77. The van der Waals surface area contributed by atoms with Crippen molar-refractivity contribution in [1.29, 1.82) is 0 Å². The van der Waals surface area contributed by atoms with Crippen LogP contribution >= 0.6 is 0 Å². The SMILES string of the molecule is C=CCCCCCN1CC[C@@H](O)[C@H](C)C1. The summed E-state index contributed by atoms with van der Waals surface area (Å²) in [5.74, 6) is 0.451. The first kappa shape index (κ1) is 12.7. The Kier molecular flexibility index (Phi) is 5.96. The van der Waals surface area contributed by atoms with E-state index in [-0.39, 0.29) is 6.10 Å². The topological polar surface area (TPSA) is 23.5 Å². The minimum atomic E-state index is -0.0676. The Morgan fingerprint density at radius 1 is 1.40 bits per heavy atom. The largest absolute Gasteiger partial charge is 0.393 e. The van der Waals surface area contributed by atoms with Crippen molar-refractivity contribution >= 4 is 0 Å². The monoisotopic (exact) mass is 211 g/mol. The first-order chi connectivity index (χ1) is 7.24. The standard InChI is InChI=1S/C13H25NO/c1-3-4-5-6-7-9-14-10-8-13(15)12(2)11-14/h3,12-13,15H,1,4-11H2,2H3/t12-,13-/m1/s1. The second kappa shape index (κ2) is 7.02. The number of aliphatic hydroxyl groups excluding tert-OH is 1. The number of aliphatic hydroxyl groups is 1. The van der Waals surface area contributed by atoms with Crippen molar-refractivity contribution < 1.29 is 5.11 Å². The summed E-state index contributed by atoms with van der Waals surface area (Å²) >= 11 is 0. The van der Waals surface area contributed by atoms with Crippen molar-refractivity contribution in [3.63, 3.8) is 0 Å². The maximum absolute atomic E-state index is 9.60. The highest BCUT2D eigenvalue weighted by Crippen LogP contribution is 2.17. The zero-order chi connectivity index (χ0) is 11.1. The lowest BCUT2D eigenvalue weighted by Gasteiger charge is -2.34. The molecule has 2 atom stereocenters. The van der Waals surface area contributed by atoms with Crippen molar-refractivity contribution in [1.82, 2.24) is 4.90 Å². The Morgan fingerprint density at radius 2 is 2.20 bits per heavy atom. The van der Waals surface area contributed by atoms with E-state index in [1.165, 1.54) is 25.8 Å². The van der Waals surface area contributed by atoms with Crippen LogP contribution in [0.15, 0.2) is 12.7 Å². The zero-order valence-corrected chi connectivity index (χ0v) is 9.99. The lowest BCUT2D eigenvalue weighted by molar-refractivity contribution is 0.0345. The molecule has 2 heteroatoms. The van der Waals surface area contributed by atoms with Crippen molar-refractivity contribution in [2.24, 2.45) is 5.92 Å². The molecular weight excluding hydrogens is 186 g/mol. The molecule has 0 spiro atoms. The third-order valence-corrected chi connectivity index (χ3v) is 3.33. The quantitative estimate of drug-likeness (QED) is 0.539. The van der Waals surface area contributed by atoms with E-state index in [9.17, 15) is 5.11 Å². The lowest BCUT2D eigenvalue weighted by atomic mass is 9.96. The van der Waals surface area contributed by atoms with Crippen molar-refractivity contribution in [3.8, 4) is 0 Å².